The minimum atomic E-state index is -0.133. The van der Waals surface area contributed by atoms with E-state index in [2.05, 4.69) is 41.7 Å². The molecule has 0 saturated carbocycles. The van der Waals surface area contributed by atoms with Crippen molar-refractivity contribution in [2.24, 2.45) is 0 Å². The normalized spacial score (nSPS) is 14.6. The molecule has 3 aromatic rings. The van der Waals surface area contributed by atoms with Gasteiger partial charge < -0.3 is 10.2 Å². The standard InChI is InChI=1S/C25H22N2O2/c28-24-9-4-12-27(24)16-17-5-3-7-20(13-17)25(29)26-21-11-10-19-14-18-6-1-2-8-22(18)23(19)15-21/h1-3,5-8,10-11,13,15H,4,9,12,14,16H2,(H,26,29). The van der Waals surface area contributed by atoms with Crippen LogP contribution in [0.15, 0.2) is 66.7 Å². The van der Waals surface area contributed by atoms with Crippen LogP contribution in [0.3, 0.4) is 0 Å². The van der Waals surface area contributed by atoms with E-state index in [1.165, 1.54) is 22.3 Å². The van der Waals surface area contributed by atoms with E-state index in [-0.39, 0.29) is 11.8 Å². The Labute approximate surface area is 170 Å². The van der Waals surface area contributed by atoms with Crippen molar-refractivity contribution in [2.75, 3.05) is 11.9 Å². The average molecular weight is 382 g/mol. The summed E-state index contributed by atoms with van der Waals surface area (Å²) in [6.45, 7) is 1.36. The van der Waals surface area contributed by atoms with Gasteiger partial charge in [-0.3, -0.25) is 9.59 Å². The Bertz CT molecular complexity index is 1120. The van der Waals surface area contributed by atoms with Gasteiger partial charge >= 0.3 is 0 Å². The minimum absolute atomic E-state index is 0.133. The third kappa shape index (κ3) is 3.42. The molecule has 1 heterocycles. The number of amides is 2. The fourth-order valence-electron chi connectivity index (χ4n) is 4.31. The molecule has 4 nitrogen and oxygen atoms in total. The van der Waals surface area contributed by atoms with Crippen LogP contribution in [0, 0.1) is 0 Å². The molecule has 0 unspecified atom stereocenters. The zero-order valence-electron chi connectivity index (χ0n) is 16.2. The summed E-state index contributed by atoms with van der Waals surface area (Å²) in [6.07, 6.45) is 2.49. The van der Waals surface area contributed by atoms with Gasteiger partial charge in [-0.05, 0) is 64.9 Å². The van der Waals surface area contributed by atoms with Crippen LogP contribution in [0.1, 0.15) is 39.9 Å². The lowest BCUT2D eigenvalue weighted by Gasteiger charge is -2.16. The van der Waals surface area contributed by atoms with Gasteiger partial charge in [0.15, 0.2) is 0 Å². The number of carbonyl (C=O) groups excluding carboxylic acids is 2. The highest BCUT2D eigenvalue weighted by molar-refractivity contribution is 6.04. The largest absolute Gasteiger partial charge is 0.338 e. The van der Waals surface area contributed by atoms with Crippen LogP contribution < -0.4 is 5.32 Å². The molecule has 1 saturated heterocycles. The van der Waals surface area contributed by atoms with Gasteiger partial charge in [-0.25, -0.2) is 0 Å². The van der Waals surface area contributed by atoms with E-state index >= 15 is 0 Å². The zero-order valence-corrected chi connectivity index (χ0v) is 16.2. The van der Waals surface area contributed by atoms with Gasteiger partial charge in [0.1, 0.15) is 0 Å². The first-order chi connectivity index (χ1) is 14.2. The summed E-state index contributed by atoms with van der Waals surface area (Å²) in [6, 6.07) is 22.1. The quantitative estimate of drug-likeness (QED) is 0.559. The predicted molar refractivity (Wildman–Crippen MR) is 114 cm³/mol. The molecule has 1 fully saturated rings. The first-order valence-corrected chi connectivity index (χ1v) is 10.1. The van der Waals surface area contributed by atoms with E-state index in [1.54, 1.807) is 0 Å². The van der Waals surface area contributed by atoms with Gasteiger partial charge in [0, 0.05) is 30.8 Å². The number of hydrogen-bond donors (Lipinski definition) is 1. The maximum Gasteiger partial charge on any atom is 0.255 e. The van der Waals surface area contributed by atoms with E-state index in [0.29, 0.717) is 18.5 Å². The van der Waals surface area contributed by atoms with Crippen LogP contribution in [-0.4, -0.2) is 23.3 Å². The summed E-state index contributed by atoms with van der Waals surface area (Å²) in [5, 5.41) is 3.03. The van der Waals surface area contributed by atoms with E-state index in [9.17, 15) is 9.59 Å². The summed E-state index contributed by atoms with van der Waals surface area (Å²) in [5.74, 6) is 0.0594. The highest BCUT2D eigenvalue weighted by atomic mass is 16.2. The van der Waals surface area contributed by atoms with Gasteiger partial charge in [-0.15, -0.1) is 0 Å². The second kappa shape index (κ2) is 7.21. The zero-order chi connectivity index (χ0) is 19.8. The molecule has 2 amide bonds. The van der Waals surface area contributed by atoms with E-state index < -0.39 is 0 Å². The average Bonchev–Trinajstić information content (AvgIpc) is 3.31. The van der Waals surface area contributed by atoms with Crippen molar-refractivity contribution in [3.05, 3.63) is 89.0 Å². The number of carbonyl (C=O) groups is 2. The molecular weight excluding hydrogens is 360 g/mol. The molecule has 144 valence electrons. The summed E-state index contributed by atoms with van der Waals surface area (Å²) >= 11 is 0. The summed E-state index contributed by atoms with van der Waals surface area (Å²) in [4.78, 5) is 26.5. The Balaban J connectivity index is 1.34. The molecule has 2 aliphatic rings. The monoisotopic (exact) mass is 382 g/mol. The highest BCUT2D eigenvalue weighted by Crippen LogP contribution is 2.37. The molecule has 0 spiro atoms. The number of benzene rings is 3. The van der Waals surface area contributed by atoms with Gasteiger partial charge in [0.05, 0.1) is 0 Å². The maximum atomic E-state index is 12.8. The molecule has 3 aromatic carbocycles. The van der Waals surface area contributed by atoms with Crippen LogP contribution in [0.2, 0.25) is 0 Å². The number of nitrogens with one attached hydrogen (secondary N) is 1. The third-order valence-electron chi connectivity index (χ3n) is 5.79. The number of likely N-dealkylation sites (tertiary alicyclic amines) is 1. The van der Waals surface area contributed by atoms with Crippen molar-refractivity contribution in [3.63, 3.8) is 0 Å². The van der Waals surface area contributed by atoms with E-state index in [1.807, 2.05) is 35.2 Å². The van der Waals surface area contributed by atoms with Crippen LogP contribution in [-0.2, 0) is 17.8 Å². The lowest BCUT2D eigenvalue weighted by molar-refractivity contribution is -0.128. The summed E-state index contributed by atoms with van der Waals surface area (Å²) in [5.41, 5.74) is 7.45. The smallest absolute Gasteiger partial charge is 0.255 e. The lowest BCUT2D eigenvalue weighted by atomic mass is 10.0. The molecule has 1 aliphatic carbocycles. The van der Waals surface area contributed by atoms with Crippen molar-refractivity contribution in [2.45, 2.75) is 25.8 Å². The number of rotatable bonds is 4. The van der Waals surface area contributed by atoms with Crippen LogP contribution >= 0.6 is 0 Å². The molecule has 4 heteroatoms. The van der Waals surface area contributed by atoms with Gasteiger partial charge in [-0.2, -0.15) is 0 Å². The first-order valence-electron chi connectivity index (χ1n) is 10.1. The molecule has 0 atom stereocenters. The molecule has 1 aliphatic heterocycles. The van der Waals surface area contributed by atoms with E-state index in [0.717, 1.165) is 30.6 Å². The van der Waals surface area contributed by atoms with E-state index in [4.69, 9.17) is 0 Å². The topological polar surface area (TPSA) is 49.4 Å². The van der Waals surface area contributed by atoms with Crippen LogP contribution in [0.4, 0.5) is 5.69 Å². The molecule has 29 heavy (non-hydrogen) atoms. The predicted octanol–water partition coefficient (Wildman–Crippen LogP) is 4.63. The lowest BCUT2D eigenvalue weighted by Crippen LogP contribution is -2.24. The van der Waals surface area contributed by atoms with Crippen molar-refractivity contribution < 1.29 is 9.59 Å². The Morgan fingerprint density at radius 2 is 1.79 bits per heavy atom. The number of nitrogens with zero attached hydrogens (tertiary/aromatic N) is 1. The fraction of sp³-hybridized carbons (Fsp3) is 0.200. The van der Waals surface area contributed by atoms with Crippen molar-refractivity contribution in [1.82, 2.24) is 4.90 Å². The van der Waals surface area contributed by atoms with Gasteiger partial charge in [0.25, 0.3) is 5.91 Å². The summed E-state index contributed by atoms with van der Waals surface area (Å²) in [7, 11) is 0. The number of anilines is 1. The molecule has 0 bridgehead atoms. The fourth-order valence-corrected chi connectivity index (χ4v) is 4.31. The maximum absolute atomic E-state index is 12.8. The Morgan fingerprint density at radius 1 is 0.931 bits per heavy atom. The molecular formula is C25H22N2O2. The highest BCUT2D eigenvalue weighted by Gasteiger charge is 2.21. The van der Waals surface area contributed by atoms with Gasteiger partial charge in [-0.1, -0.05) is 42.5 Å². The van der Waals surface area contributed by atoms with Crippen LogP contribution in [0.25, 0.3) is 11.1 Å². The molecule has 1 N–H and O–H groups in total. The van der Waals surface area contributed by atoms with Crippen LogP contribution in [0.5, 0.6) is 0 Å². The SMILES string of the molecule is O=C(Nc1ccc2c(c1)-c1ccccc1C2)c1cccc(CN2CCCC2=O)c1. The minimum Gasteiger partial charge on any atom is -0.338 e. The third-order valence-corrected chi connectivity index (χ3v) is 5.79. The van der Waals surface area contributed by atoms with Crippen molar-refractivity contribution >= 4 is 17.5 Å². The Kier molecular flexibility index (Phi) is 4.39. The van der Waals surface area contributed by atoms with Crippen molar-refractivity contribution in [3.8, 4) is 11.1 Å². The molecule has 5 rings (SSSR count). The second-order valence-corrected chi connectivity index (χ2v) is 7.78. The molecule has 0 aromatic heterocycles. The van der Waals surface area contributed by atoms with Crippen molar-refractivity contribution in [1.29, 1.82) is 0 Å². The molecule has 0 radical (unpaired) electrons. The number of hydrogen-bond acceptors (Lipinski definition) is 2. The first kappa shape index (κ1) is 17.7. The second-order valence-electron chi connectivity index (χ2n) is 7.78. The summed E-state index contributed by atoms with van der Waals surface area (Å²) < 4.78 is 0. The number of fused-ring (bicyclic) bond motifs is 3. The Morgan fingerprint density at radius 3 is 2.66 bits per heavy atom. The Hall–Kier alpha value is -3.40. The van der Waals surface area contributed by atoms with Gasteiger partial charge in [0.2, 0.25) is 5.91 Å².